The number of aryl methyl sites for hydroxylation is 1. The van der Waals surface area contributed by atoms with Gasteiger partial charge < -0.3 is 10.1 Å². The Morgan fingerprint density at radius 1 is 1.15 bits per heavy atom. The van der Waals surface area contributed by atoms with Crippen LogP contribution >= 0.6 is 0 Å². The molecule has 0 saturated heterocycles. The standard InChI is InChI=1S/C20H22N4O2/c1-14(2)16-4-7-18(8-5-16)26-13-20(25)23-17-6-9-19(22-12-17)24-11-10-21-15(24)3/h4-12,14H,13H2,1-3H3,(H,23,25). The third kappa shape index (κ3) is 4.27. The lowest BCUT2D eigenvalue weighted by Gasteiger charge is -2.10. The zero-order valence-corrected chi connectivity index (χ0v) is 15.1. The van der Waals surface area contributed by atoms with Gasteiger partial charge in [0.25, 0.3) is 5.91 Å². The number of hydrogen-bond acceptors (Lipinski definition) is 4. The molecule has 134 valence electrons. The molecule has 0 aliphatic heterocycles. The van der Waals surface area contributed by atoms with E-state index >= 15 is 0 Å². The highest BCUT2D eigenvalue weighted by molar-refractivity contribution is 5.91. The maximum atomic E-state index is 12.0. The molecular weight excluding hydrogens is 328 g/mol. The second-order valence-corrected chi connectivity index (χ2v) is 6.31. The zero-order chi connectivity index (χ0) is 18.5. The largest absolute Gasteiger partial charge is 0.484 e. The van der Waals surface area contributed by atoms with Crippen LogP contribution in [0.1, 0.15) is 31.2 Å². The third-order valence-electron chi connectivity index (χ3n) is 4.02. The molecule has 26 heavy (non-hydrogen) atoms. The molecule has 0 fully saturated rings. The lowest BCUT2D eigenvalue weighted by Crippen LogP contribution is -2.20. The highest BCUT2D eigenvalue weighted by Crippen LogP contribution is 2.18. The number of carbonyl (C=O) groups is 1. The first-order chi connectivity index (χ1) is 12.5. The summed E-state index contributed by atoms with van der Waals surface area (Å²) in [5.41, 5.74) is 1.86. The van der Waals surface area contributed by atoms with E-state index in [-0.39, 0.29) is 12.5 Å². The molecule has 0 aliphatic rings. The van der Waals surface area contributed by atoms with Crippen molar-refractivity contribution >= 4 is 11.6 Å². The molecule has 0 bridgehead atoms. The van der Waals surface area contributed by atoms with Crippen LogP contribution < -0.4 is 10.1 Å². The summed E-state index contributed by atoms with van der Waals surface area (Å²) in [7, 11) is 0. The third-order valence-corrected chi connectivity index (χ3v) is 4.02. The number of carbonyl (C=O) groups excluding carboxylic acids is 1. The summed E-state index contributed by atoms with van der Waals surface area (Å²) < 4.78 is 7.40. The van der Waals surface area contributed by atoms with Crippen LogP contribution in [-0.2, 0) is 4.79 Å². The first-order valence-corrected chi connectivity index (χ1v) is 8.52. The van der Waals surface area contributed by atoms with Gasteiger partial charge in [0.15, 0.2) is 6.61 Å². The highest BCUT2D eigenvalue weighted by Gasteiger charge is 2.06. The molecule has 3 aromatic rings. The molecule has 6 heteroatoms. The minimum Gasteiger partial charge on any atom is -0.484 e. The van der Waals surface area contributed by atoms with Crippen molar-refractivity contribution in [3.8, 4) is 11.6 Å². The molecule has 1 amide bonds. The van der Waals surface area contributed by atoms with Crippen LogP contribution in [0.15, 0.2) is 55.0 Å². The van der Waals surface area contributed by atoms with Crippen LogP contribution in [0.3, 0.4) is 0 Å². The molecule has 2 aromatic heterocycles. The van der Waals surface area contributed by atoms with Gasteiger partial charge >= 0.3 is 0 Å². The Bertz CT molecular complexity index is 868. The van der Waals surface area contributed by atoms with Crippen molar-refractivity contribution in [3.05, 3.63) is 66.4 Å². The molecule has 2 heterocycles. The van der Waals surface area contributed by atoms with E-state index in [1.165, 1.54) is 5.56 Å². The predicted octanol–water partition coefficient (Wildman–Crippen LogP) is 3.72. The van der Waals surface area contributed by atoms with Gasteiger partial charge in [-0.2, -0.15) is 0 Å². The summed E-state index contributed by atoms with van der Waals surface area (Å²) in [5, 5.41) is 2.78. The van der Waals surface area contributed by atoms with Gasteiger partial charge in [0.05, 0.1) is 11.9 Å². The van der Waals surface area contributed by atoms with Gasteiger partial charge in [0.2, 0.25) is 0 Å². The number of hydrogen-bond donors (Lipinski definition) is 1. The minimum absolute atomic E-state index is 0.0522. The number of ether oxygens (including phenoxy) is 1. The Morgan fingerprint density at radius 3 is 2.50 bits per heavy atom. The highest BCUT2D eigenvalue weighted by atomic mass is 16.5. The molecule has 0 saturated carbocycles. The van der Waals surface area contributed by atoms with Gasteiger partial charge in [-0.3, -0.25) is 9.36 Å². The Hall–Kier alpha value is -3.15. The fraction of sp³-hybridized carbons (Fsp3) is 0.250. The molecule has 0 atom stereocenters. The van der Waals surface area contributed by atoms with Crippen molar-refractivity contribution in [2.24, 2.45) is 0 Å². The second kappa shape index (κ2) is 7.82. The summed E-state index contributed by atoms with van der Waals surface area (Å²) in [6.07, 6.45) is 5.18. The van der Waals surface area contributed by atoms with Gasteiger partial charge in [-0.1, -0.05) is 26.0 Å². The Kier molecular flexibility index (Phi) is 5.31. The quantitative estimate of drug-likeness (QED) is 0.736. The monoisotopic (exact) mass is 350 g/mol. The molecule has 0 radical (unpaired) electrons. The van der Waals surface area contributed by atoms with Crippen molar-refractivity contribution in [2.75, 3.05) is 11.9 Å². The summed E-state index contributed by atoms with van der Waals surface area (Å²) in [5.74, 6) is 2.51. The van der Waals surface area contributed by atoms with E-state index in [4.69, 9.17) is 4.74 Å². The molecule has 3 rings (SSSR count). The van der Waals surface area contributed by atoms with Gasteiger partial charge in [-0.25, -0.2) is 9.97 Å². The van der Waals surface area contributed by atoms with Crippen LogP contribution in [0.4, 0.5) is 5.69 Å². The molecule has 1 aromatic carbocycles. The fourth-order valence-corrected chi connectivity index (χ4v) is 2.52. The number of anilines is 1. The number of pyridine rings is 1. The number of nitrogens with zero attached hydrogens (tertiary/aromatic N) is 3. The number of aromatic nitrogens is 3. The molecule has 0 aliphatic carbocycles. The number of imidazole rings is 1. The van der Waals surface area contributed by atoms with Crippen molar-refractivity contribution in [1.29, 1.82) is 0 Å². The molecular formula is C20H22N4O2. The lowest BCUT2D eigenvalue weighted by molar-refractivity contribution is -0.118. The molecule has 0 spiro atoms. The van der Waals surface area contributed by atoms with E-state index in [2.05, 4.69) is 29.1 Å². The van der Waals surface area contributed by atoms with E-state index < -0.39 is 0 Å². The number of benzene rings is 1. The first-order valence-electron chi connectivity index (χ1n) is 8.52. The van der Waals surface area contributed by atoms with E-state index in [9.17, 15) is 4.79 Å². The van der Waals surface area contributed by atoms with Gasteiger partial charge in [0, 0.05) is 12.4 Å². The van der Waals surface area contributed by atoms with Crippen molar-refractivity contribution in [3.63, 3.8) is 0 Å². The summed E-state index contributed by atoms with van der Waals surface area (Å²) >= 11 is 0. The summed E-state index contributed by atoms with van der Waals surface area (Å²) in [4.78, 5) is 20.6. The van der Waals surface area contributed by atoms with Gasteiger partial charge in [-0.15, -0.1) is 0 Å². The summed E-state index contributed by atoms with van der Waals surface area (Å²) in [6.45, 7) is 6.12. The summed E-state index contributed by atoms with van der Waals surface area (Å²) in [6, 6.07) is 11.4. The van der Waals surface area contributed by atoms with Crippen LogP contribution in [0.5, 0.6) is 5.75 Å². The number of nitrogens with one attached hydrogen (secondary N) is 1. The Morgan fingerprint density at radius 2 is 1.92 bits per heavy atom. The average Bonchev–Trinajstić information content (AvgIpc) is 3.07. The van der Waals surface area contributed by atoms with Crippen molar-refractivity contribution < 1.29 is 9.53 Å². The van der Waals surface area contributed by atoms with Gasteiger partial charge in [-0.05, 0) is 42.7 Å². The zero-order valence-electron chi connectivity index (χ0n) is 15.1. The van der Waals surface area contributed by atoms with Crippen molar-refractivity contribution in [1.82, 2.24) is 14.5 Å². The maximum Gasteiger partial charge on any atom is 0.262 e. The fourth-order valence-electron chi connectivity index (χ4n) is 2.52. The maximum absolute atomic E-state index is 12.0. The average molecular weight is 350 g/mol. The first kappa shape index (κ1) is 17.7. The van der Waals surface area contributed by atoms with E-state index in [0.717, 1.165) is 11.6 Å². The topological polar surface area (TPSA) is 69.0 Å². The van der Waals surface area contributed by atoms with Crippen LogP contribution in [0.25, 0.3) is 5.82 Å². The molecule has 1 N–H and O–H groups in total. The normalized spacial score (nSPS) is 10.8. The van der Waals surface area contributed by atoms with Crippen molar-refractivity contribution in [2.45, 2.75) is 26.7 Å². The predicted molar refractivity (Wildman–Crippen MR) is 101 cm³/mol. The van der Waals surface area contributed by atoms with E-state index in [1.807, 2.05) is 48.0 Å². The molecule has 6 nitrogen and oxygen atoms in total. The lowest BCUT2D eigenvalue weighted by atomic mass is 10.0. The van der Waals surface area contributed by atoms with Crippen LogP contribution in [0, 0.1) is 6.92 Å². The Labute approximate surface area is 152 Å². The van der Waals surface area contributed by atoms with E-state index in [1.54, 1.807) is 18.5 Å². The van der Waals surface area contributed by atoms with Crippen LogP contribution in [0.2, 0.25) is 0 Å². The number of amides is 1. The molecule has 0 unspecified atom stereocenters. The van der Waals surface area contributed by atoms with E-state index in [0.29, 0.717) is 17.4 Å². The smallest absolute Gasteiger partial charge is 0.262 e. The van der Waals surface area contributed by atoms with Gasteiger partial charge in [0.1, 0.15) is 17.4 Å². The second-order valence-electron chi connectivity index (χ2n) is 6.31. The SMILES string of the molecule is Cc1nccn1-c1ccc(NC(=O)COc2ccc(C(C)C)cc2)cn1. The Balaban J connectivity index is 1.54. The van der Waals surface area contributed by atoms with Crippen LogP contribution in [-0.4, -0.2) is 27.0 Å². The number of rotatable bonds is 6. The minimum atomic E-state index is -0.230.